The van der Waals surface area contributed by atoms with Crippen molar-refractivity contribution in [2.24, 2.45) is 5.92 Å². The Morgan fingerprint density at radius 2 is 1.79 bits per heavy atom. The number of ether oxygens (including phenoxy) is 4. The number of carbonyl (C=O) groups excluding carboxylic acids is 1. The smallest absolute Gasteiger partial charge is 0.415 e. The number of carboxylic acids is 1. The van der Waals surface area contributed by atoms with Crippen molar-refractivity contribution in [1.29, 1.82) is 0 Å². The lowest BCUT2D eigenvalue weighted by molar-refractivity contribution is -0.149. The zero-order valence-electron chi connectivity index (χ0n) is 19.1. The molecule has 33 heavy (non-hydrogen) atoms. The number of aliphatic carboxylic acids is 1. The predicted molar refractivity (Wildman–Crippen MR) is 122 cm³/mol. The van der Waals surface area contributed by atoms with Gasteiger partial charge in [0.1, 0.15) is 12.4 Å². The average Bonchev–Trinajstić information content (AvgIpc) is 3.63. The van der Waals surface area contributed by atoms with Gasteiger partial charge >= 0.3 is 12.1 Å². The van der Waals surface area contributed by atoms with E-state index in [4.69, 9.17) is 18.9 Å². The molecule has 1 aliphatic carbocycles. The van der Waals surface area contributed by atoms with Crippen LogP contribution in [0.3, 0.4) is 0 Å². The van der Waals surface area contributed by atoms with Crippen molar-refractivity contribution < 1.29 is 33.6 Å². The lowest BCUT2D eigenvalue weighted by atomic mass is 10.1. The summed E-state index contributed by atoms with van der Waals surface area (Å²) in [7, 11) is 1.53. The van der Waals surface area contributed by atoms with Crippen molar-refractivity contribution >= 4 is 12.1 Å². The van der Waals surface area contributed by atoms with Gasteiger partial charge in [0.05, 0.1) is 13.7 Å². The van der Waals surface area contributed by atoms with Crippen LogP contribution in [0, 0.1) is 5.92 Å². The first kappa shape index (κ1) is 24.4. The minimum atomic E-state index is -0.979. The highest BCUT2D eigenvalue weighted by atomic mass is 16.6. The van der Waals surface area contributed by atoms with Crippen molar-refractivity contribution in [3.05, 3.63) is 54.1 Å². The summed E-state index contributed by atoms with van der Waals surface area (Å²) in [6.07, 6.45) is 1.21. The maximum absolute atomic E-state index is 12.8. The van der Waals surface area contributed by atoms with Gasteiger partial charge in [0.15, 0.2) is 17.6 Å². The van der Waals surface area contributed by atoms with Crippen molar-refractivity contribution in [1.82, 2.24) is 4.90 Å². The van der Waals surface area contributed by atoms with E-state index in [0.717, 1.165) is 18.4 Å². The SMILES string of the molecule is CCOC(Cc1ccc(OCCN(CC2CC2)C(=O)Oc2ccccc2OC)cc1)C(=O)O. The molecule has 2 aromatic rings. The molecule has 0 saturated heterocycles. The lowest BCUT2D eigenvalue weighted by Crippen LogP contribution is -2.38. The average molecular weight is 458 g/mol. The first-order valence-corrected chi connectivity index (χ1v) is 11.2. The van der Waals surface area contributed by atoms with Crippen LogP contribution in [-0.2, 0) is 16.0 Å². The zero-order valence-corrected chi connectivity index (χ0v) is 19.1. The standard InChI is InChI=1S/C25H31NO7/c1-3-31-23(24(27)28)16-18-10-12-20(13-11-18)32-15-14-26(17-19-8-9-19)25(29)33-22-7-5-4-6-21(22)30-2/h4-7,10-13,19,23H,3,8-9,14-17H2,1-2H3,(H,27,28). The second-order valence-corrected chi connectivity index (χ2v) is 7.89. The second kappa shape index (κ2) is 12.1. The number of methoxy groups -OCH3 is 1. The molecule has 1 aliphatic rings. The van der Waals surface area contributed by atoms with E-state index in [2.05, 4.69) is 0 Å². The molecule has 1 atom stereocenters. The molecule has 0 aromatic heterocycles. The van der Waals surface area contributed by atoms with E-state index in [1.165, 1.54) is 7.11 Å². The highest BCUT2D eigenvalue weighted by Gasteiger charge is 2.28. The molecule has 1 saturated carbocycles. The van der Waals surface area contributed by atoms with Gasteiger partial charge in [0, 0.05) is 19.6 Å². The number of amides is 1. The van der Waals surface area contributed by atoms with Crippen LogP contribution in [-0.4, -0.2) is 61.6 Å². The summed E-state index contributed by atoms with van der Waals surface area (Å²) >= 11 is 0. The minimum Gasteiger partial charge on any atom is -0.493 e. The molecular formula is C25H31NO7. The molecule has 1 unspecified atom stereocenters. The largest absolute Gasteiger partial charge is 0.493 e. The molecule has 0 bridgehead atoms. The molecule has 1 amide bonds. The Balaban J connectivity index is 1.52. The summed E-state index contributed by atoms with van der Waals surface area (Å²) in [4.78, 5) is 25.7. The topological polar surface area (TPSA) is 94.5 Å². The number of hydrogen-bond donors (Lipinski definition) is 1. The third kappa shape index (κ3) is 7.68. The van der Waals surface area contributed by atoms with Gasteiger partial charge in [0.25, 0.3) is 0 Å². The number of rotatable bonds is 13. The van der Waals surface area contributed by atoms with Gasteiger partial charge in [-0.2, -0.15) is 0 Å². The highest BCUT2D eigenvalue weighted by molar-refractivity contribution is 5.73. The zero-order chi connectivity index (χ0) is 23.6. The van der Waals surface area contributed by atoms with E-state index in [-0.39, 0.29) is 6.42 Å². The first-order chi connectivity index (χ1) is 16.0. The van der Waals surface area contributed by atoms with Gasteiger partial charge in [-0.25, -0.2) is 9.59 Å². The number of nitrogens with zero attached hydrogens (tertiary/aromatic N) is 1. The molecule has 1 fully saturated rings. The molecule has 0 heterocycles. The van der Waals surface area contributed by atoms with Crippen LogP contribution in [0.1, 0.15) is 25.3 Å². The quantitative estimate of drug-likeness (QED) is 0.485. The minimum absolute atomic E-state index is 0.285. The summed E-state index contributed by atoms with van der Waals surface area (Å²) < 4.78 is 21.9. The van der Waals surface area contributed by atoms with Crippen LogP contribution >= 0.6 is 0 Å². The molecule has 3 rings (SSSR count). The number of benzene rings is 2. The van der Waals surface area contributed by atoms with Crippen LogP contribution in [0.5, 0.6) is 17.2 Å². The molecule has 0 spiro atoms. The second-order valence-electron chi connectivity index (χ2n) is 7.89. The maximum Gasteiger partial charge on any atom is 0.415 e. The normalized spacial score (nSPS) is 13.8. The Morgan fingerprint density at radius 1 is 1.09 bits per heavy atom. The summed E-state index contributed by atoms with van der Waals surface area (Å²) in [5.74, 6) is 1.05. The van der Waals surface area contributed by atoms with Gasteiger partial charge < -0.3 is 29.0 Å². The molecule has 1 N–H and O–H groups in total. The number of para-hydroxylation sites is 2. The Kier molecular flexibility index (Phi) is 8.95. The molecule has 0 radical (unpaired) electrons. The third-order valence-corrected chi connectivity index (χ3v) is 5.32. The van der Waals surface area contributed by atoms with E-state index in [1.54, 1.807) is 42.2 Å². The van der Waals surface area contributed by atoms with Gasteiger partial charge in [0.2, 0.25) is 0 Å². The van der Waals surface area contributed by atoms with Crippen LogP contribution in [0.15, 0.2) is 48.5 Å². The highest BCUT2D eigenvalue weighted by Crippen LogP contribution is 2.31. The summed E-state index contributed by atoms with van der Waals surface area (Å²) in [6.45, 7) is 3.44. The Hall–Kier alpha value is -3.26. The predicted octanol–water partition coefficient (Wildman–Crippen LogP) is 4.02. The fourth-order valence-corrected chi connectivity index (χ4v) is 3.36. The van der Waals surface area contributed by atoms with E-state index in [1.807, 2.05) is 18.2 Å². The van der Waals surface area contributed by atoms with Crippen LogP contribution in [0.2, 0.25) is 0 Å². The van der Waals surface area contributed by atoms with Crippen molar-refractivity contribution in [2.75, 3.05) is 33.4 Å². The van der Waals surface area contributed by atoms with Crippen LogP contribution in [0.25, 0.3) is 0 Å². The molecule has 2 aromatic carbocycles. The fraction of sp³-hybridized carbons (Fsp3) is 0.440. The maximum atomic E-state index is 12.8. The van der Waals surface area contributed by atoms with Gasteiger partial charge in [-0.05, 0) is 55.5 Å². The van der Waals surface area contributed by atoms with E-state index in [0.29, 0.717) is 49.5 Å². The number of hydrogen-bond acceptors (Lipinski definition) is 6. The van der Waals surface area contributed by atoms with E-state index < -0.39 is 18.2 Å². The molecule has 0 aliphatic heterocycles. The molecular weight excluding hydrogens is 426 g/mol. The van der Waals surface area contributed by atoms with Gasteiger partial charge in [-0.3, -0.25) is 0 Å². The van der Waals surface area contributed by atoms with Gasteiger partial charge in [-0.15, -0.1) is 0 Å². The van der Waals surface area contributed by atoms with Crippen LogP contribution < -0.4 is 14.2 Å². The fourth-order valence-electron chi connectivity index (χ4n) is 3.36. The summed E-state index contributed by atoms with van der Waals surface area (Å²) in [5, 5.41) is 9.22. The monoisotopic (exact) mass is 457 g/mol. The van der Waals surface area contributed by atoms with Crippen molar-refractivity contribution in [3.8, 4) is 17.2 Å². The Morgan fingerprint density at radius 3 is 2.39 bits per heavy atom. The molecule has 8 heteroatoms. The third-order valence-electron chi connectivity index (χ3n) is 5.32. The Bertz CT molecular complexity index is 911. The number of carbonyl (C=O) groups is 2. The first-order valence-electron chi connectivity index (χ1n) is 11.2. The summed E-state index contributed by atoms with van der Waals surface area (Å²) in [6, 6.07) is 14.3. The lowest BCUT2D eigenvalue weighted by Gasteiger charge is -2.22. The van der Waals surface area contributed by atoms with Crippen LogP contribution in [0.4, 0.5) is 4.79 Å². The Labute approximate surface area is 194 Å². The van der Waals surface area contributed by atoms with E-state index >= 15 is 0 Å². The van der Waals surface area contributed by atoms with Crippen molar-refractivity contribution in [3.63, 3.8) is 0 Å². The summed E-state index contributed by atoms with van der Waals surface area (Å²) in [5.41, 5.74) is 0.846. The van der Waals surface area contributed by atoms with Gasteiger partial charge in [-0.1, -0.05) is 24.3 Å². The molecule has 8 nitrogen and oxygen atoms in total. The molecule has 178 valence electrons. The van der Waals surface area contributed by atoms with Crippen molar-refractivity contribution in [2.45, 2.75) is 32.3 Å². The number of carboxylic acid groups (broad SMARTS) is 1. The van der Waals surface area contributed by atoms with E-state index in [9.17, 15) is 14.7 Å².